The molecule has 1 heteroatoms. The average molecular weight is 209 g/mol. The molecule has 0 fully saturated rings. The summed E-state index contributed by atoms with van der Waals surface area (Å²) in [6.07, 6.45) is 5.87. The predicted octanol–water partition coefficient (Wildman–Crippen LogP) is 4.22. The first-order valence-electron chi connectivity index (χ1n) is 5.41. The molecular formula is C15H15N. The van der Waals surface area contributed by atoms with Crippen molar-refractivity contribution in [1.82, 2.24) is 4.98 Å². The summed E-state index contributed by atoms with van der Waals surface area (Å²) >= 11 is 0. The van der Waals surface area contributed by atoms with Crippen molar-refractivity contribution < 1.29 is 0 Å². The van der Waals surface area contributed by atoms with E-state index < -0.39 is 0 Å². The van der Waals surface area contributed by atoms with Gasteiger partial charge in [0.1, 0.15) is 0 Å². The lowest BCUT2D eigenvalue weighted by Gasteiger charge is -2.06. The topological polar surface area (TPSA) is 12.9 Å². The third kappa shape index (κ3) is 1.76. The number of pyridine rings is 1. The van der Waals surface area contributed by atoms with Crippen LogP contribution in [0, 0.1) is 6.92 Å². The van der Waals surface area contributed by atoms with Gasteiger partial charge in [-0.2, -0.15) is 0 Å². The van der Waals surface area contributed by atoms with Gasteiger partial charge in [0.2, 0.25) is 0 Å². The number of hydrogen-bond donors (Lipinski definition) is 0. The summed E-state index contributed by atoms with van der Waals surface area (Å²) in [6.45, 7) is 7.91. The molecule has 0 aliphatic rings. The predicted molar refractivity (Wildman–Crippen MR) is 71.3 cm³/mol. The Balaban J connectivity index is 2.80. The first kappa shape index (κ1) is 10.6. The van der Waals surface area contributed by atoms with Crippen LogP contribution in [-0.4, -0.2) is 4.98 Å². The number of hydrogen-bond acceptors (Lipinski definition) is 1. The number of aromatic nitrogens is 1. The van der Waals surface area contributed by atoms with E-state index in [4.69, 9.17) is 0 Å². The van der Waals surface area contributed by atoms with E-state index in [0.717, 1.165) is 16.8 Å². The standard InChI is InChI=1S/C15H15N/c1-4-7-14-12(5-2)10-13-9-6-8-11(3)15(13)16-14/h4-10H,2H2,1,3H3/b7-4-. The van der Waals surface area contributed by atoms with E-state index in [9.17, 15) is 0 Å². The molecule has 0 saturated heterocycles. The van der Waals surface area contributed by atoms with Gasteiger partial charge in [0, 0.05) is 10.9 Å². The maximum Gasteiger partial charge on any atom is 0.0738 e. The van der Waals surface area contributed by atoms with Gasteiger partial charge in [0.15, 0.2) is 0 Å². The Morgan fingerprint density at radius 1 is 1.31 bits per heavy atom. The quantitative estimate of drug-likeness (QED) is 0.721. The second-order valence-electron chi connectivity index (χ2n) is 3.81. The molecule has 2 rings (SSSR count). The van der Waals surface area contributed by atoms with Crippen LogP contribution in [0.2, 0.25) is 0 Å². The van der Waals surface area contributed by atoms with Crippen molar-refractivity contribution >= 4 is 23.1 Å². The van der Waals surface area contributed by atoms with Gasteiger partial charge in [-0.1, -0.05) is 36.9 Å². The Kier molecular flexibility index (Phi) is 2.86. The molecular weight excluding hydrogens is 194 g/mol. The van der Waals surface area contributed by atoms with Crippen molar-refractivity contribution in [2.45, 2.75) is 13.8 Å². The maximum atomic E-state index is 4.68. The van der Waals surface area contributed by atoms with E-state index in [1.165, 1.54) is 10.9 Å². The molecule has 0 spiro atoms. The molecule has 2 aromatic rings. The summed E-state index contributed by atoms with van der Waals surface area (Å²) in [7, 11) is 0. The highest BCUT2D eigenvalue weighted by molar-refractivity contribution is 5.85. The van der Waals surface area contributed by atoms with Crippen LogP contribution in [-0.2, 0) is 0 Å². The van der Waals surface area contributed by atoms with Gasteiger partial charge in [0.25, 0.3) is 0 Å². The highest BCUT2D eigenvalue weighted by Gasteiger charge is 2.03. The normalized spacial score (nSPS) is 11.1. The summed E-state index contributed by atoms with van der Waals surface area (Å²) in [5.74, 6) is 0. The fraction of sp³-hybridized carbons (Fsp3) is 0.133. The zero-order valence-electron chi connectivity index (χ0n) is 9.70. The van der Waals surface area contributed by atoms with E-state index in [0.29, 0.717) is 0 Å². The number of fused-ring (bicyclic) bond motifs is 1. The second kappa shape index (κ2) is 4.31. The SMILES string of the molecule is C=Cc1cc2cccc(C)c2nc1/C=C\C. The van der Waals surface area contributed by atoms with Crippen molar-refractivity contribution in [2.75, 3.05) is 0 Å². The lowest BCUT2D eigenvalue weighted by atomic mass is 10.1. The van der Waals surface area contributed by atoms with Gasteiger partial charge >= 0.3 is 0 Å². The van der Waals surface area contributed by atoms with Crippen LogP contribution in [0.5, 0.6) is 0 Å². The number of aryl methyl sites for hydroxylation is 1. The van der Waals surface area contributed by atoms with Gasteiger partial charge in [-0.3, -0.25) is 0 Å². The van der Waals surface area contributed by atoms with E-state index >= 15 is 0 Å². The summed E-state index contributed by atoms with van der Waals surface area (Å²) in [4.78, 5) is 4.68. The third-order valence-corrected chi connectivity index (χ3v) is 2.65. The Morgan fingerprint density at radius 2 is 2.12 bits per heavy atom. The molecule has 0 bridgehead atoms. The van der Waals surface area contributed by atoms with Crippen LogP contribution >= 0.6 is 0 Å². The molecule has 1 aromatic heterocycles. The molecule has 0 aliphatic carbocycles. The van der Waals surface area contributed by atoms with Crippen molar-refractivity contribution in [2.24, 2.45) is 0 Å². The molecule has 0 N–H and O–H groups in total. The first-order chi connectivity index (χ1) is 7.76. The molecule has 1 nitrogen and oxygen atoms in total. The Labute approximate surface area is 96.1 Å². The second-order valence-corrected chi connectivity index (χ2v) is 3.81. The monoisotopic (exact) mass is 209 g/mol. The van der Waals surface area contributed by atoms with Gasteiger partial charge in [-0.05, 0) is 31.6 Å². The maximum absolute atomic E-state index is 4.68. The number of para-hydroxylation sites is 1. The fourth-order valence-corrected chi connectivity index (χ4v) is 1.83. The van der Waals surface area contributed by atoms with Crippen LogP contribution in [0.25, 0.3) is 23.1 Å². The summed E-state index contributed by atoms with van der Waals surface area (Å²) < 4.78 is 0. The largest absolute Gasteiger partial charge is 0.248 e. The molecule has 1 aromatic carbocycles. The van der Waals surface area contributed by atoms with Crippen molar-refractivity contribution in [3.63, 3.8) is 0 Å². The van der Waals surface area contributed by atoms with Crippen LogP contribution in [0.1, 0.15) is 23.7 Å². The number of benzene rings is 1. The molecule has 1 heterocycles. The van der Waals surface area contributed by atoms with Crippen LogP contribution in [0.15, 0.2) is 36.9 Å². The lowest BCUT2D eigenvalue weighted by molar-refractivity contribution is 1.32. The average Bonchev–Trinajstić information content (AvgIpc) is 2.30. The van der Waals surface area contributed by atoms with Crippen molar-refractivity contribution in [3.8, 4) is 0 Å². The number of allylic oxidation sites excluding steroid dienone is 1. The number of nitrogens with zero attached hydrogens (tertiary/aromatic N) is 1. The van der Waals surface area contributed by atoms with Gasteiger partial charge < -0.3 is 0 Å². The van der Waals surface area contributed by atoms with Gasteiger partial charge in [-0.15, -0.1) is 0 Å². The third-order valence-electron chi connectivity index (χ3n) is 2.65. The molecule has 0 saturated carbocycles. The molecule has 80 valence electrons. The Hall–Kier alpha value is -1.89. The van der Waals surface area contributed by atoms with Gasteiger partial charge in [0.05, 0.1) is 11.2 Å². The van der Waals surface area contributed by atoms with E-state index in [1.54, 1.807) is 0 Å². The van der Waals surface area contributed by atoms with E-state index in [2.05, 4.69) is 42.8 Å². The Morgan fingerprint density at radius 3 is 2.81 bits per heavy atom. The minimum absolute atomic E-state index is 0.985. The smallest absolute Gasteiger partial charge is 0.0738 e. The van der Waals surface area contributed by atoms with Gasteiger partial charge in [-0.25, -0.2) is 4.98 Å². The minimum atomic E-state index is 0.985. The zero-order valence-corrected chi connectivity index (χ0v) is 9.70. The molecule has 0 atom stereocenters. The Bertz CT molecular complexity index is 565. The first-order valence-corrected chi connectivity index (χ1v) is 5.41. The van der Waals surface area contributed by atoms with E-state index in [-0.39, 0.29) is 0 Å². The molecule has 0 aliphatic heterocycles. The fourth-order valence-electron chi connectivity index (χ4n) is 1.83. The summed E-state index contributed by atoms with van der Waals surface area (Å²) in [6, 6.07) is 8.36. The highest BCUT2D eigenvalue weighted by Crippen LogP contribution is 2.21. The van der Waals surface area contributed by atoms with Crippen LogP contribution in [0.4, 0.5) is 0 Å². The summed E-state index contributed by atoms with van der Waals surface area (Å²) in [5, 5.41) is 1.17. The lowest BCUT2D eigenvalue weighted by Crippen LogP contribution is -1.90. The zero-order chi connectivity index (χ0) is 11.5. The summed E-state index contributed by atoms with van der Waals surface area (Å²) in [5.41, 5.74) is 4.34. The van der Waals surface area contributed by atoms with Crippen molar-refractivity contribution in [1.29, 1.82) is 0 Å². The highest BCUT2D eigenvalue weighted by atomic mass is 14.7. The molecule has 0 unspecified atom stereocenters. The van der Waals surface area contributed by atoms with Crippen LogP contribution < -0.4 is 0 Å². The molecule has 16 heavy (non-hydrogen) atoms. The molecule has 0 amide bonds. The van der Waals surface area contributed by atoms with Crippen molar-refractivity contribution in [3.05, 3.63) is 53.7 Å². The molecule has 0 radical (unpaired) electrons. The number of rotatable bonds is 2. The van der Waals surface area contributed by atoms with Crippen LogP contribution in [0.3, 0.4) is 0 Å². The van der Waals surface area contributed by atoms with E-state index in [1.807, 2.05) is 25.2 Å². The minimum Gasteiger partial charge on any atom is -0.248 e.